The van der Waals surface area contributed by atoms with Crippen molar-refractivity contribution < 1.29 is 9.59 Å². The summed E-state index contributed by atoms with van der Waals surface area (Å²) in [5.74, 6) is 1.09. The first kappa shape index (κ1) is 23.2. The van der Waals surface area contributed by atoms with E-state index in [1.54, 1.807) is 0 Å². The number of hydrogen-bond acceptors (Lipinski definition) is 4. The highest BCUT2D eigenvalue weighted by Crippen LogP contribution is 2.21. The minimum atomic E-state index is 0.0292. The summed E-state index contributed by atoms with van der Waals surface area (Å²) in [7, 11) is 1.88. The van der Waals surface area contributed by atoms with Crippen molar-refractivity contribution in [1.82, 2.24) is 24.6 Å². The number of carbonyl (C=O) groups excluding carboxylic acids is 2. The van der Waals surface area contributed by atoms with E-state index in [2.05, 4.69) is 17.1 Å². The van der Waals surface area contributed by atoms with Crippen molar-refractivity contribution in [2.75, 3.05) is 26.7 Å². The van der Waals surface area contributed by atoms with Gasteiger partial charge in [-0.05, 0) is 38.4 Å². The minimum absolute atomic E-state index is 0.0292. The number of hydrogen-bond donors (Lipinski definition) is 1. The van der Waals surface area contributed by atoms with Crippen LogP contribution in [-0.2, 0) is 16.1 Å². The summed E-state index contributed by atoms with van der Waals surface area (Å²) in [6, 6.07) is 8.09. The van der Waals surface area contributed by atoms with Crippen LogP contribution in [-0.4, -0.2) is 63.1 Å². The molecule has 8 heteroatoms. The van der Waals surface area contributed by atoms with Crippen molar-refractivity contribution in [3.8, 4) is 11.4 Å². The smallest absolute Gasteiger partial charge is 0.225 e. The zero-order valence-electron chi connectivity index (χ0n) is 18.8. The molecule has 0 bridgehead atoms. The summed E-state index contributed by atoms with van der Waals surface area (Å²) in [6.45, 7) is 6.73. The van der Waals surface area contributed by atoms with E-state index in [9.17, 15) is 9.59 Å². The molecule has 7 nitrogen and oxygen atoms in total. The summed E-state index contributed by atoms with van der Waals surface area (Å²) >= 11 is 5.38. The largest absolute Gasteiger partial charge is 0.346 e. The van der Waals surface area contributed by atoms with E-state index in [4.69, 9.17) is 12.2 Å². The number of amides is 2. The predicted octanol–water partition coefficient (Wildman–Crippen LogP) is 3.80. The zero-order valence-corrected chi connectivity index (χ0v) is 19.6. The van der Waals surface area contributed by atoms with Crippen molar-refractivity contribution in [3.05, 3.63) is 34.6 Å². The number of piperidine rings is 1. The molecule has 2 amide bonds. The van der Waals surface area contributed by atoms with Gasteiger partial charge in [0.05, 0.1) is 0 Å². The lowest BCUT2D eigenvalue weighted by Gasteiger charge is -2.33. The molecule has 168 valence electrons. The Balaban J connectivity index is 1.54. The Bertz CT molecular complexity index is 942. The highest BCUT2D eigenvalue weighted by atomic mass is 32.1. The van der Waals surface area contributed by atoms with Crippen LogP contribution >= 0.6 is 12.2 Å². The number of carbonyl (C=O) groups is 2. The van der Waals surface area contributed by atoms with Crippen molar-refractivity contribution in [3.63, 3.8) is 0 Å². The molecule has 1 saturated heterocycles. The van der Waals surface area contributed by atoms with Gasteiger partial charge in [0.1, 0.15) is 0 Å². The van der Waals surface area contributed by atoms with Crippen LogP contribution in [0.4, 0.5) is 0 Å². The maximum Gasteiger partial charge on any atom is 0.225 e. The molecule has 2 heterocycles. The maximum absolute atomic E-state index is 12.8. The van der Waals surface area contributed by atoms with Gasteiger partial charge in [-0.15, -0.1) is 0 Å². The fourth-order valence-electron chi connectivity index (χ4n) is 4.01. The van der Waals surface area contributed by atoms with E-state index in [-0.39, 0.29) is 17.7 Å². The third-order valence-electron chi connectivity index (χ3n) is 6.04. The number of unbranched alkanes of at least 4 members (excludes halogenated alkanes) is 1. The summed E-state index contributed by atoms with van der Waals surface area (Å²) in [6.07, 6.45) is 3.95. The average molecular weight is 444 g/mol. The van der Waals surface area contributed by atoms with Crippen LogP contribution in [0.25, 0.3) is 11.4 Å². The highest BCUT2D eigenvalue weighted by Gasteiger charge is 2.28. The van der Waals surface area contributed by atoms with Crippen LogP contribution in [0.5, 0.6) is 0 Å². The number of aryl methyl sites for hydroxylation is 1. The molecule has 0 spiro atoms. The number of H-pyrrole nitrogens is 1. The molecule has 0 unspecified atom stereocenters. The van der Waals surface area contributed by atoms with Gasteiger partial charge in [0, 0.05) is 51.1 Å². The first-order valence-electron chi connectivity index (χ1n) is 11.2. The topological polar surface area (TPSA) is 74.2 Å². The average Bonchev–Trinajstić information content (AvgIpc) is 3.16. The second kappa shape index (κ2) is 10.7. The molecular formula is C23H33N5O2S. The maximum atomic E-state index is 12.8. The molecule has 1 N–H and O–H groups in total. The lowest BCUT2D eigenvalue weighted by Crippen LogP contribution is -2.43. The fourth-order valence-corrected chi connectivity index (χ4v) is 4.23. The van der Waals surface area contributed by atoms with Crippen molar-refractivity contribution in [2.45, 2.75) is 52.5 Å². The summed E-state index contributed by atoms with van der Waals surface area (Å²) in [5.41, 5.74) is 2.15. The van der Waals surface area contributed by atoms with Gasteiger partial charge in [-0.3, -0.25) is 19.3 Å². The first-order valence-corrected chi connectivity index (χ1v) is 11.6. The number of rotatable bonds is 8. The second-order valence-corrected chi connectivity index (χ2v) is 8.78. The Hall–Kier alpha value is -2.48. The van der Waals surface area contributed by atoms with Gasteiger partial charge >= 0.3 is 0 Å². The van der Waals surface area contributed by atoms with Crippen molar-refractivity contribution >= 4 is 24.0 Å². The van der Waals surface area contributed by atoms with Gasteiger partial charge in [-0.1, -0.05) is 43.2 Å². The van der Waals surface area contributed by atoms with E-state index < -0.39 is 0 Å². The lowest BCUT2D eigenvalue weighted by molar-refractivity contribution is -0.140. The Labute approximate surface area is 189 Å². The summed E-state index contributed by atoms with van der Waals surface area (Å²) < 4.78 is 2.40. The quantitative estimate of drug-likeness (QED) is 0.630. The third kappa shape index (κ3) is 5.81. The first-order chi connectivity index (χ1) is 14.9. The number of nitrogens with zero attached hydrogens (tertiary/aromatic N) is 4. The normalized spacial score (nSPS) is 14.6. The van der Waals surface area contributed by atoms with Crippen LogP contribution in [0.2, 0.25) is 0 Å². The van der Waals surface area contributed by atoms with Gasteiger partial charge in [-0.25, -0.2) is 0 Å². The number of aromatic amines is 1. The van der Waals surface area contributed by atoms with Gasteiger partial charge in [0.2, 0.25) is 11.8 Å². The molecule has 0 saturated carbocycles. The van der Waals surface area contributed by atoms with E-state index in [0.717, 1.165) is 43.6 Å². The molecule has 1 aromatic carbocycles. The molecular weight excluding hydrogens is 410 g/mol. The molecule has 1 aromatic heterocycles. The fraction of sp³-hybridized carbons (Fsp3) is 0.565. The Morgan fingerprint density at radius 1 is 1.23 bits per heavy atom. The van der Waals surface area contributed by atoms with Crippen LogP contribution in [0.3, 0.4) is 0 Å². The second-order valence-electron chi connectivity index (χ2n) is 8.39. The SMILES string of the molecule is CCCCN(C)C(=O)C1CCN(C(=O)CCn2c(-c3ccc(C)cc3)n[nH]c2=S)CC1. The molecule has 0 aliphatic carbocycles. The minimum Gasteiger partial charge on any atom is -0.346 e. The molecule has 1 aliphatic rings. The Morgan fingerprint density at radius 2 is 1.90 bits per heavy atom. The predicted molar refractivity (Wildman–Crippen MR) is 124 cm³/mol. The monoisotopic (exact) mass is 443 g/mol. The van der Waals surface area contributed by atoms with Crippen LogP contribution < -0.4 is 0 Å². The van der Waals surface area contributed by atoms with E-state index in [1.807, 2.05) is 52.6 Å². The van der Waals surface area contributed by atoms with Crippen LogP contribution in [0, 0.1) is 17.6 Å². The van der Waals surface area contributed by atoms with E-state index in [1.165, 1.54) is 5.56 Å². The molecule has 0 radical (unpaired) electrons. The van der Waals surface area contributed by atoms with E-state index in [0.29, 0.717) is 30.8 Å². The molecule has 0 atom stereocenters. The van der Waals surface area contributed by atoms with Gasteiger partial charge in [-0.2, -0.15) is 5.10 Å². The molecule has 3 rings (SSSR count). The van der Waals surface area contributed by atoms with E-state index >= 15 is 0 Å². The van der Waals surface area contributed by atoms with Gasteiger partial charge < -0.3 is 9.80 Å². The zero-order chi connectivity index (χ0) is 22.4. The molecule has 2 aromatic rings. The third-order valence-corrected chi connectivity index (χ3v) is 6.35. The van der Waals surface area contributed by atoms with Crippen molar-refractivity contribution in [1.29, 1.82) is 0 Å². The van der Waals surface area contributed by atoms with Crippen LogP contribution in [0.1, 0.15) is 44.6 Å². The summed E-state index contributed by atoms with van der Waals surface area (Å²) in [5, 5.41) is 7.20. The number of aromatic nitrogens is 3. The van der Waals surface area contributed by atoms with Crippen LogP contribution in [0.15, 0.2) is 24.3 Å². The standard InChI is InChI=1S/C23H33N5O2S/c1-4-5-13-26(3)22(30)19-10-14-27(15-11-19)20(29)12-16-28-21(24-25-23(28)31)18-8-6-17(2)7-9-18/h6-9,19H,4-5,10-16H2,1-3H3,(H,25,31). The molecule has 31 heavy (non-hydrogen) atoms. The summed E-state index contributed by atoms with van der Waals surface area (Å²) in [4.78, 5) is 29.1. The Morgan fingerprint density at radius 3 is 2.55 bits per heavy atom. The van der Waals surface area contributed by atoms with Crippen molar-refractivity contribution in [2.24, 2.45) is 5.92 Å². The number of nitrogens with one attached hydrogen (secondary N) is 1. The highest BCUT2D eigenvalue weighted by molar-refractivity contribution is 7.71. The van der Waals surface area contributed by atoms with Gasteiger partial charge in [0.25, 0.3) is 0 Å². The number of benzene rings is 1. The lowest BCUT2D eigenvalue weighted by atomic mass is 9.95. The molecule has 1 fully saturated rings. The Kier molecular flexibility index (Phi) is 8.01. The molecule has 1 aliphatic heterocycles. The van der Waals surface area contributed by atoms with Gasteiger partial charge in [0.15, 0.2) is 10.6 Å². The number of likely N-dealkylation sites (tertiary alicyclic amines) is 1.